The average molecular weight is 618 g/mol. The zero-order valence-electron chi connectivity index (χ0n) is 27.4. The van der Waals surface area contributed by atoms with Crippen LogP contribution in [0, 0.1) is 0 Å². The van der Waals surface area contributed by atoms with E-state index in [-0.39, 0.29) is 0 Å². The molecule has 0 bridgehead atoms. The summed E-state index contributed by atoms with van der Waals surface area (Å²) in [7, 11) is 0. The number of fused-ring (bicyclic) bond motifs is 1. The predicted octanol–water partition coefficient (Wildman–Crippen LogP) is 11.9. The summed E-state index contributed by atoms with van der Waals surface area (Å²) in [5, 5.41) is 5.76. The van der Waals surface area contributed by atoms with Gasteiger partial charge in [0.1, 0.15) is 16.5 Å². The molecule has 0 atom stereocenters. The maximum atomic E-state index is 5.99. The van der Waals surface area contributed by atoms with E-state index in [4.69, 9.17) is 19.6 Å². The lowest BCUT2D eigenvalue weighted by Gasteiger charge is -2.07. The second kappa shape index (κ2) is 20.2. The van der Waals surface area contributed by atoms with Crippen LogP contribution in [-0.2, 0) is 0 Å². The number of imidazole rings is 1. The van der Waals surface area contributed by atoms with Gasteiger partial charge in [0.05, 0.1) is 25.1 Å². The molecule has 0 amide bonds. The molecule has 0 radical (unpaired) electrons. The number of benzene rings is 2. The number of unbranched alkanes of at least 4 members (excludes halogenated alkanes) is 16. The highest BCUT2D eigenvalue weighted by atomic mass is 32.1. The Morgan fingerprint density at radius 2 is 0.977 bits per heavy atom. The van der Waals surface area contributed by atoms with Crippen LogP contribution in [-0.4, -0.2) is 27.8 Å². The van der Waals surface area contributed by atoms with Gasteiger partial charge in [0.2, 0.25) is 4.96 Å². The summed E-state index contributed by atoms with van der Waals surface area (Å²) in [5.41, 5.74) is 3.10. The van der Waals surface area contributed by atoms with E-state index in [1.54, 1.807) is 11.3 Å². The van der Waals surface area contributed by atoms with Crippen LogP contribution in [0.3, 0.4) is 0 Å². The number of rotatable bonds is 24. The quantitative estimate of drug-likeness (QED) is 0.0734. The maximum absolute atomic E-state index is 5.99. The molecule has 0 spiro atoms. The van der Waals surface area contributed by atoms with Crippen LogP contribution >= 0.6 is 11.3 Å². The lowest BCUT2D eigenvalue weighted by molar-refractivity contribution is 0.304. The van der Waals surface area contributed by atoms with Crippen molar-refractivity contribution < 1.29 is 9.47 Å². The van der Waals surface area contributed by atoms with E-state index in [0.29, 0.717) is 0 Å². The number of nitrogens with zero attached hydrogens (tertiary/aromatic N) is 3. The first-order valence-electron chi connectivity index (χ1n) is 17.6. The van der Waals surface area contributed by atoms with Gasteiger partial charge < -0.3 is 9.47 Å². The first-order chi connectivity index (χ1) is 21.8. The number of hydrogen-bond acceptors (Lipinski definition) is 5. The van der Waals surface area contributed by atoms with E-state index in [2.05, 4.69) is 50.2 Å². The van der Waals surface area contributed by atoms with Gasteiger partial charge in [0.25, 0.3) is 0 Å². The monoisotopic (exact) mass is 617 g/mol. The van der Waals surface area contributed by atoms with Crippen molar-refractivity contribution in [2.45, 2.75) is 129 Å². The zero-order valence-corrected chi connectivity index (χ0v) is 28.2. The second-order valence-electron chi connectivity index (χ2n) is 12.2. The van der Waals surface area contributed by atoms with E-state index in [1.807, 2.05) is 22.8 Å². The van der Waals surface area contributed by atoms with Gasteiger partial charge in [-0.3, -0.25) is 0 Å². The Bertz CT molecular complexity index is 1260. The van der Waals surface area contributed by atoms with Gasteiger partial charge in [-0.25, -0.2) is 9.50 Å². The van der Waals surface area contributed by atoms with Gasteiger partial charge >= 0.3 is 0 Å². The molecule has 4 rings (SSSR count). The molecule has 0 aliphatic heterocycles. The Balaban J connectivity index is 1.13. The van der Waals surface area contributed by atoms with E-state index in [1.165, 1.54) is 103 Å². The number of aromatic nitrogens is 3. The molecule has 0 fully saturated rings. The maximum Gasteiger partial charge on any atom is 0.213 e. The first kappa shape index (κ1) is 34.0. The van der Waals surface area contributed by atoms with Crippen LogP contribution in [0.4, 0.5) is 0 Å². The SMILES string of the molecule is CCCCCCCCCCCCOc1ccc(-c2nn3cc(-c4ccc(OCCCCCCCCCC)cc4)nc3s2)cc1. The molecule has 0 aliphatic rings. The summed E-state index contributed by atoms with van der Waals surface area (Å²) in [4.78, 5) is 5.74. The molecule has 240 valence electrons. The second-order valence-corrected chi connectivity index (χ2v) is 13.1. The molecule has 2 aromatic carbocycles. The zero-order chi connectivity index (χ0) is 30.7. The van der Waals surface area contributed by atoms with Gasteiger partial charge in [-0.15, -0.1) is 0 Å². The smallest absolute Gasteiger partial charge is 0.213 e. The number of ether oxygens (including phenoxy) is 2. The van der Waals surface area contributed by atoms with E-state index in [9.17, 15) is 0 Å². The normalized spacial score (nSPS) is 11.4. The molecule has 44 heavy (non-hydrogen) atoms. The predicted molar refractivity (Wildman–Crippen MR) is 187 cm³/mol. The van der Waals surface area contributed by atoms with Crippen molar-refractivity contribution in [2.24, 2.45) is 0 Å². The highest BCUT2D eigenvalue weighted by molar-refractivity contribution is 7.19. The van der Waals surface area contributed by atoms with Crippen LogP contribution in [0.25, 0.3) is 26.8 Å². The minimum absolute atomic E-state index is 0.785. The molecule has 5 nitrogen and oxygen atoms in total. The minimum Gasteiger partial charge on any atom is -0.494 e. The summed E-state index contributed by atoms with van der Waals surface area (Å²) >= 11 is 1.61. The Morgan fingerprint density at radius 1 is 0.545 bits per heavy atom. The molecule has 0 saturated carbocycles. The Hall–Kier alpha value is -2.86. The molecule has 0 saturated heterocycles. The number of hydrogen-bond donors (Lipinski definition) is 0. The average Bonchev–Trinajstić information content (AvgIpc) is 3.64. The third kappa shape index (κ3) is 11.9. The Morgan fingerprint density at radius 3 is 1.43 bits per heavy atom. The van der Waals surface area contributed by atoms with Crippen LogP contribution in [0.15, 0.2) is 54.7 Å². The van der Waals surface area contributed by atoms with Crippen LogP contribution in [0.5, 0.6) is 11.5 Å². The van der Waals surface area contributed by atoms with Gasteiger partial charge in [-0.05, 0) is 61.4 Å². The van der Waals surface area contributed by atoms with Crippen molar-refractivity contribution >= 4 is 16.3 Å². The van der Waals surface area contributed by atoms with Crippen molar-refractivity contribution in [2.75, 3.05) is 13.2 Å². The van der Waals surface area contributed by atoms with Crippen LogP contribution in [0.2, 0.25) is 0 Å². The molecule has 0 aliphatic carbocycles. The lowest BCUT2D eigenvalue weighted by atomic mass is 10.1. The third-order valence-corrected chi connectivity index (χ3v) is 9.30. The van der Waals surface area contributed by atoms with Crippen LogP contribution in [0.1, 0.15) is 129 Å². The van der Waals surface area contributed by atoms with E-state index in [0.717, 1.165) is 64.3 Å². The first-order valence-corrected chi connectivity index (χ1v) is 18.4. The molecule has 0 N–H and O–H groups in total. The van der Waals surface area contributed by atoms with Crippen molar-refractivity contribution in [1.29, 1.82) is 0 Å². The highest BCUT2D eigenvalue weighted by Crippen LogP contribution is 2.30. The van der Waals surface area contributed by atoms with Gasteiger partial charge in [0.15, 0.2) is 0 Å². The molecule has 0 unspecified atom stereocenters. The van der Waals surface area contributed by atoms with E-state index >= 15 is 0 Å². The summed E-state index contributed by atoms with van der Waals surface area (Å²) in [6.45, 7) is 6.12. The fraction of sp³-hybridized carbons (Fsp3) is 0.579. The summed E-state index contributed by atoms with van der Waals surface area (Å²) in [6, 6.07) is 16.6. The van der Waals surface area contributed by atoms with Crippen molar-refractivity contribution in [3.05, 3.63) is 54.7 Å². The summed E-state index contributed by atoms with van der Waals surface area (Å²) in [5.74, 6) is 1.85. The molecule has 4 aromatic rings. The van der Waals surface area contributed by atoms with Crippen molar-refractivity contribution in [3.8, 4) is 33.3 Å². The van der Waals surface area contributed by atoms with Gasteiger partial charge in [0, 0.05) is 11.1 Å². The lowest BCUT2D eigenvalue weighted by Crippen LogP contribution is -1.97. The molecule has 2 heterocycles. The molecule has 6 heteroatoms. The fourth-order valence-electron chi connectivity index (χ4n) is 5.58. The minimum atomic E-state index is 0.785. The molecular formula is C38H55N3O2S. The molecule has 2 aromatic heterocycles. The van der Waals surface area contributed by atoms with Crippen molar-refractivity contribution in [3.63, 3.8) is 0 Å². The van der Waals surface area contributed by atoms with Gasteiger partial charge in [-0.2, -0.15) is 5.10 Å². The molecular weight excluding hydrogens is 563 g/mol. The summed E-state index contributed by atoms with van der Waals surface area (Å²) in [6.07, 6.45) is 25.9. The fourth-order valence-corrected chi connectivity index (χ4v) is 6.46. The highest BCUT2D eigenvalue weighted by Gasteiger charge is 2.12. The van der Waals surface area contributed by atoms with Crippen LogP contribution < -0.4 is 9.47 Å². The topological polar surface area (TPSA) is 48.7 Å². The Kier molecular flexibility index (Phi) is 15.6. The third-order valence-electron chi connectivity index (χ3n) is 8.33. The standard InChI is InChI=1S/C38H55N3O2S/c1-3-5-7-9-11-13-14-16-18-20-30-43-35-27-23-33(24-28-35)37-40-41-31-36(39-38(41)44-37)32-21-25-34(26-22-32)42-29-19-17-15-12-10-8-6-4-2/h21-28,31H,3-20,29-30H2,1-2H3. The Labute approximate surface area is 270 Å². The largest absolute Gasteiger partial charge is 0.494 e. The van der Waals surface area contributed by atoms with Crippen molar-refractivity contribution in [1.82, 2.24) is 14.6 Å². The van der Waals surface area contributed by atoms with Gasteiger partial charge in [-0.1, -0.05) is 128 Å². The van der Waals surface area contributed by atoms with E-state index < -0.39 is 0 Å². The summed E-state index contributed by atoms with van der Waals surface area (Å²) < 4.78 is 13.9.